The van der Waals surface area contributed by atoms with E-state index in [4.69, 9.17) is 10.2 Å². The number of hydrogen-bond donors (Lipinski definition) is 2. The lowest BCUT2D eigenvalue weighted by atomic mass is 10.2. The van der Waals surface area contributed by atoms with Gasteiger partial charge in [0.15, 0.2) is 0 Å². The molecule has 1 unspecified atom stereocenters. The molecule has 2 aromatic heterocycles. The number of nitrogens with two attached hydrogens (primary N) is 1. The van der Waals surface area contributed by atoms with Gasteiger partial charge in [-0.05, 0) is 32.0 Å². The van der Waals surface area contributed by atoms with Gasteiger partial charge in [0.25, 0.3) is 0 Å². The predicted molar refractivity (Wildman–Crippen MR) is 64.1 cm³/mol. The van der Waals surface area contributed by atoms with Gasteiger partial charge in [0.05, 0.1) is 23.6 Å². The van der Waals surface area contributed by atoms with Gasteiger partial charge in [0, 0.05) is 6.20 Å². The first-order valence-corrected chi connectivity index (χ1v) is 5.18. The van der Waals surface area contributed by atoms with Crippen molar-refractivity contribution < 1.29 is 4.42 Å². The van der Waals surface area contributed by atoms with E-state index in [1.807, 2.05) is 32.0 Å². The lowest BCUT2D eigenvalue weighted by molar-refractivity contribution is 0.467. The van der Waals surface area contributed by atoms with Crippen LogP contribution in [0.25, 0.3) is 0 Å². The van der Waals surface area contributed by atoms with Crippen molar-refractivity contribution in [1.82, 2.24) is 4.98 Å². The summed E-state index contributed by atoms with van der Waals surface area (Å²) in [4.78, 5) is 4.02. The van der Waals surface area contributed by atoms with E-state index in [0.29, 0.717) is 5.69 Å². The molecular weight excluding hydrogens is 202 g/mol. The van der Waals surface area contributed by atoms with E-state index < -0.39 is 0 Å². The molecule has 0 aromatic carbocycles. The average Bonchev–Trinajstić information content (AvgIpc) is 2.65. The van der Waals surface area contributed by atoms with Crippen LogP contribution in [0.1, 0.15) is 24.5 Å². The first-order chi connectivity index (χ1) is 7.65. The Morgan fingerprint density at radius 1 is 1.38 bits per heavy atom. The molecular formula is C12H15N3O. The summed E-state index contributed by atoms with van der Waals surface area (Å²) in [6.07, 6.45) is 3.36. The summed E-state index contributed by atoms with van der Waals surface area (Å²) in [5, 5.41) is 3.28. The van der Waals surface area contributed by atoms with Crippen LogP contribution in [0.4, 0.5) is 11.4 Å². The molecule has 0 saturated carbocycles. The lowest BCUT2D eigenvalue weighted by Gasteiger charge is -2.12. The zero-order chi connectivity index (χ0) is 11.5. The van der Waals surface area contributed by atoms with Gasteiger partial charge in [-0.3, -0.25) is 4.98 Å². The van der Waals surface area contributed by atoms with Crippen LogP contribution in [0.2, 0.25) is 0 Å². The second-order valence-corrected chi connectivity index (χ2v) is 3.82. The van der Waals surface area contributed by atoms with Crippen molar-refractivity contribution >= 4 is 11.4 Å². The SMILES string of the molecule is Cc1ccc(C(C)Nc2cncc(N)c2)o1. The Hall–Kier alpha value is -1.97. The molecule has 16 heavy (non-hydrogen) atoms. The molecule has 0 amide bonds. The number of rotatable bonds is 3. The standard InChI is InChI=1S/C12H15N3O/c1-8-3-4-12(16-8)9(2)15-11-5-10(13)6-14-7-11/h3-7,9,15H,13H2,1-2H3. The fourth-order valence-corrected chi connectivity index (χ4v) is 1.54. The normalized spacial score (nSPS) is 12.4. The maximum absolute atomic E-state index is 5.65. The molecule has 0 fully saturated rings. The quantitative estimate of drug-likeness (QED) is 0.829. The first kappa shape index (κ1) is 10.5. The number of hydrogen-bond acceptors (Lipinski definition) is 4. The highest BCUT2D eigenvalue weighted by molar-refractivity contribution is 5.52. The van der Waals surface area contributed by atoms with Gasteiger partial charge >= 0.3 is 0 Å². The summed E-state index contributed by atoms with van der Waals surface area (Å²) in [6, 6.07) is 5.86. The maximum Gasteiger partial charge on any atom is 0.126 e. The Labute approximate surface area is 94.5 Å². The molecule has 0 saturated heterocycles. The molecule has 0 spiro atoms. The fourth-order valence-electron chi connectivity index (χ4n) is 1.54. The molecule has 4 heteroatoms. The van der Waals surface area contributed by atoms with Crippen molar-refractivity contribution in [2.24, 2.45) is 0 Å². The average molecular weight is 217 g/mol. The smallest absolute Gasteiger partial charge is 0.126 e. The molecule has 2 heterocycles. The summed E-state index contributed by atoms with van der Waals surface area (Å²) in [5.41, 5.74) is 7.19. The third-order valence-electron chi connectivity index (χ3n) is 2.33. The highest BCUT2D eigenvalue weighted by Gasteiger charge is 2.09. The van der Waals surface area contributed by atoms with Crippen LogP contribution in [0.3, 0.4) is 0 Å². The Morgan fingerprint density at radius 3 is 2.81 bits per heavy atom. The van der Waals surface area contributed by atoms with E-state index in [-0.39, 0.29) is 6.04 Å². The van der Waals surface area contributed by atoms with Crippen LogP contribution in [-0.4, -0.2) is 4.98 Å². The molecule has 2 rings (SSSR count). The first-order valence-electron chi connectivity index (χ1n) is 5.18. The lowest BCUT2D eigenvalue weighted by Crippen LogP contribution is -2.06. The Bertz CT molecular complexity index is 479. The van der Waals surface area contributed by atoms with Crippen molar-refractivity contribution in [2.45, 2.75) is 19.9 Å². The van der Waals surface area contributed by atoms with Crippen LogP contribution < -0.4 is 11.1 Å². The summed E-state index contributed by atoms with van der Waals surface area (Å²) < 4.78 is 5.53. The van der Waals surface area contributed by atoms with Crippen molar-refractivity contribution in [3.05, 3.63) is 42.1 Å². The van der Waals surface area contributed by atoms with E-state index >= 15 is 0 Å². The molecule has 4 nitrogen and oxygen atoms in total. The molecule has 0 aliphatic carbocycles. The highest BCUT2D eigenvalue weighted by atomic mass is 16.3. The third kappa shape index (κ3) is 2.34. The Morgan fingerprint density at radius 2 is 2.19 bits per heavy atom. The van der Waals surface area contributed by atoms with Crippen LogP contribution in [-0.2, 0) is 0 Å². The van der Waals surface area contributed by atoms with Crippen LogP contribution in [0, 0.1) is 6.92 Å². The molecule has 0 bridgehead atoms. The van der Waals surface area contributed by atoms with Gasteiger partial charge in [-0.15, -0.1) is 0 Å². The predicted octanol–water partition coefficient (Wildman–Crippen LogP) is 2.74. The van der Waals surface area contributed by atoms with E-state index in [9.17, 15) is 0 Å². The summed E-state index contributed by atoms with van der Waals surface area (Å²) in [7, 11) is 0. The van der Waals surface area contributed by atoms with Crippen LogP contribution in [0.5, 0.6) is 0 Å². The van der Waals surface area contributed by atoms with Gasteiger partial charge in [-0.25, -0.2) is 0 Å². The van der Waals surface area contributed by atoms with Crippen molar-refractivity contribution in [1.29, 1.82) is 0 Å². The fraction of sp³-hybridized carbons (Fsp3) is 0.250. The van der Waals surface area contributed by atoms with E-state index in [1.54, 1.807) is 12.4 Å². The number of nitrogen functional groups attached to an aromatic ring is 1. The second kappa shape index (κ2) is 4.26. The minimum atomic E-state index is 0.0947. The van der Waals surface area contributed by atoms with Gasteiger partial charge in [0.2, 0.25) is 0 Å². The minimum Gasteiger partial charge on any atom is -0.464 e. The topological polar surface area (TPSA) is 64.1 Å². The van der Waals surface area contributed by atoms with Gasteiger partial charge in [0.1, 0.15) is 11.5 Å². The number of anilines is 2. The number of furan rings is 1. The molecule has 0 aliphatic rings. The highest BCUT2D eigenvalue weighted by Crippen LogP contribution is 2.21. The van der Waals surface area contributed by atoms with Crippen molar-refractivity contribution in [3.63, 3.8) is 0 Å². The monoisotopic (exact) mass is 217 g/mol. The number of aryl methyl sites for hydroxylation is 1. The Balaban J connectivity index is 2.10. The van der Waals surface area contributed by atoms with Gasteiger partial charge in [-0.1, -0.05) is 0 Å². The molecule has 0 radical (unpaired) electrons. The largest absolute Gasteiger partial charge is 0.464 e. The Kier molecular flexibility index (Phi) is 2.81. The number of nitrogens with zero attached hydrogens (tertiary/aromatic N) is 1. The van der Waals surface area contributed by atoms with Crippen LogP contribution in [0.15, 0.2) is 35.0 Å². The third-order valence-corrected chi connectivity index (χ3v) is 2.33. The van der Waals surface area contributed by atoms with Crippen molar-refractivity contribution in [2.75, 3.05) is 11.1 Å². The molecule has 84 valence electrons. The second-order valence-electron chi connectivity index (χ2n) is 3.82. The number of nitrogens with one attached hydrogen (secondary N) is 1. The van der Waals surface area contributed by atoms with Gasteiger partial charge < -0.3 is 15.5 Å². The van der Waals surface area contributed by atoms with E-state index in [2.05, 4.69) is 10.3 Å². The minimum absolute atomic E-state index is 0.0947. The molecule has 3 N–H and O–H groups in total. The van der Waals surface area contributed by atoms with Crippen molar-refractivity contribution in [3.8, 4) is 0 Å². The molecule has 1 atom stereocenters. The summed E-state index contributed by atoms with van der Waals surface area (Å²) in [5.74, 6) is 1.81. The molecule has 0 aliphatic heterocycles. The van der Waals surface area contributed by atoms with Gasteiger partial charge in [-0.2, -0.15) is 0 Å². The van der Waals surface area contributed by atoms with E-state index in [0.717, 1.165) is 17.2 Å². The number of pyridine rings is 1. The summed E-state index contributed by atoms with van der Waals surface area (Å²) >= 11 is 0. The summed E-state index contributed by atoms with van der Waals surface area (Å²) in [6.45, 7) is 3.96. The zero-order valence-electron chi connectivity index (χ0n) is 9.40. The zero-order valence-corrected chi connectivity index (χ0v) is 9.40. The number of aromatic nitrogens is 1. The van der Waals surface area contributed by atoms with E-state index in [1.165, 1.54) is 0 Å². The van der Waals surface area contributed by atoms with Crippen LogP contribution >= 0.6 is 0 Å². The molecule has 2 aromatic rings. The maximum atomic E-state index is 5.65.